The molecule has 2 heterocycles. The lowest BCUT2D eigenvalue weighted by molar-refractivity contribution is 0.584. The van der Waals surface area contributed by atoms with E-state index in [2.05, 4.69) is 15.2 Å². The zero-order chi connectivity index (χ0) is 13.4. The van der Waals surface area contributed by atoms with Crippen LogP contribution in [0, 0.1) is 11.6 Å². The molecule has 3 N–H and O–H groups in total. The normalized spacial score (nSPS) is 10.8. The number of aromatic amines is 1. The lowest BCUT2D eigenvalue weighted by Crippen LogP contribution is -1.90. The molecule has 4 nitrogen and oxygen atoms in total. The van der Waals surface area contributed by atoms with Gasteiger partial charge in [-0.2, -0.15) is 5.10 Å². The molecule has 0 amide bonds. The number of thiazole rings is 1. The molecule has 0 aliphatic carbocycles. The summed E-state index contributed by atoms with van der Waals surface area (Å²) < 4.78 is 26.6. The van der Waals surface area contributed by atoms with Crippen LogP contribution in [-0.2, 0) is 0 Å². The van der Waals surface area contributed by atoms with E-state index in [0.29, 0.717) is 16.8 Å². The minimum Gasteiger partial charge on any atom is -0.382 e. The van der Waals surface area contributed by atoms with Crippen molar-refractivity contribution < 1.29 is 8.78 Å². The third-order valence-electron chi connectivity index (χ3n) is 2.62. The van der Waals surface area contributed by atoms with Gasteiger partial charge in [0.25, 0.3) is 0 Å². The van der Waals surface area contributed by atoms with Crippen LogP contribution in [0.15, 0.2) is 29.9 Å². The van der Waals surface area contributed by atoms with E-state index in [1.807, 2.05) is 0 Å². The Hall–Kier alpha value is -2.28. The van der Waals surface area contributed by atoms with E-state index in [1.54, 1.807) is 11.7 Å². The van der Waals surface area contributed by atoms with Crippen molar-refractivity contribution in [2.45, 2.75) is 0 Å². The van der Waals surface area contributed by atoms with Gasteiger partial charge in [-0.25, -0.2) is 8.78 Å². The molecule has 0 aliphatic heterocycles. The first-order chi connectivity index (χ1) is 9.15. The van der Waals surface area contributed by atoms with Crippen LogP contribution in [0.5, 0.6) is 0 Å². The number of nitrogens with zero attached hydrogens (tertiary/aromatic N) is 2. The van der Waals surface area contributed by atoms with Crippen molar-refractivity contribution in [1.82, 2.24) is 15.2 Å². The zero-order valence-corrected chi connectivity index (χ0v) is 10.3. The molecule has 0 fully saturated rings. The second kappa shape index (κ2) is 4.43. The first-order valence-electron chi connectivity index (χ1n) is 5.34. The molecule has 0 saturated carbocycles. The van der Waals surface area contributed by atoms with Gasteiger partial charge in [0.15, 0.2) is 5.82 Å². The molecule has 0 spiro atoms. The third-order valence-corrected chi connectivity index (χ3v) is 3.41. The van der Waals surface area contributed by atoms with Gasteiger partial charge in [0, 0.05) is 12.3 Å². The van der Waals surface area contributed by atoms with Gasteiger partial charge in [-0.3, -0.25) is 10.1 Å². The lowest BCUT2D eigenvalue weighted by atomic mass is 10.0. The van der Waals surface area contributed by atoms with Crippen LogP contribution in [0.1, 0.15) is 0 Å². The average molecular weight is 278 g/mol. The maximum Gasteiger partial charge on any atom is 0.153 e. The van der Waals surface area contributed by atoms with Gasteiger partial charge >= 0.3 is 0 Å². The standard InChI is InChI=1S/C12H8F2N4S/c13-7-1-6(2-8(14)3-7)10-11(17-18-12(10)15)9-4-16-5-19-9/h1-5H,(H3,15,17,18). The number of hydrogen-bond acceptors (Lipinski definition) is 4. The van der Waals surface area contributed by atoms with E-state index < -0.39 is 11.6 Å². The number of benzene rings is 1. The Balaban J connectivity index is 2.22. The van der Waals surface area contributed by atoms with Gasteiger partial charge in [-0.1, -0.05) is 0 Å². The van der Waals surface area contributed by atoms with E-state index in [9.17, 15) is 8.78 Å². The lowest BCUT2D eigenvalue weighted by Gasteiger charge is -2.03. The van der Waals surface area contributed by atoms with Crippen LogP contribution in [0.2, 0.25) is 0 Å². The van der Waals surface area contributed by atoms with Crippen molar-refractivity contribution in [3.8, 4) is 21.7 Å². The molecule has 3 rings (SSSR count). The molecule has 0 atom stereocenters. The van der Waals surface area contributed by atoms with Gasteiger partial charge in [-0.05, 0) is 17.7 Å². The van der Waals surface area contributed by atoms with Crippen molar-refractivity contribution >= 4 is 17.2 Å². The summed E-state index contributed by atoms with van der Waals surface area (Å²) in [7, 11) is 0. The van der Waals surface area contributed by atoms with E-state index in [4.69, 9.17) is 5.73 Å². The zero-order valence-electron chi connectivity index (χ0n) is 9.52. The van der Waals surface area contributed by atoms with Gasteiger partial charge in [0.1, 0.15) is 11.6 Å². The summed E-state index contributed by atoms with van der Waals surface area (Å²) in [6.07, 6.45) is 1.64. The van der Waals surface area contributed by atoms with Crippen molar-refractivity contribution in [2.75, 3.05) is 5.73 Å². The summed E-state index contributed by atoms with van der Waals surface area (Å²) in [5.74, 6) is -1.13. The van der Waals surface area contributed by atoms with Gasteiger partial charge in [0.2, 0.25) is 0 Å². The van der Waals surface area contributed by atoms with Gasteiger partial charge in [0.05, 0.1) is 21.6 Å². The molecular weight excluding hydrogens is 270 g/mol. The maximum absolute atomic E-state index is 13.3. The molecule has 0 saturated heterocycles. The summed E-state index contributed by atoms with van der Waals surface area (Å²) in [5, 5.41) is 6.66. The van der Waals surface area contributed by atoms with Crippen molar-refractivity contribution in [1.29, 1.82) is 0 Å². The molecule has 0 radical (unpaired) electrons. The Morgan fingerprint density at radius 3 is 2.53 bits per heavy atom. The minimum atomic E-state index is -0.661. The Bertz CT molecular complexity index is 701. The molecule has 0 aliphatic rings. The average Bonchev–Trinajstić information content (AvgIpc) is 2.95. The van der Waals surface area contributed by atoms with Crippen LogP contribution in [0.4, 0.5) is 14.6 Å². The number of nitrogen functional groups attached to an aromatic ring is 1. The molecule has 3 aromatic rings. The highest BCUT2D eigenvalue weighted by atomic mass is 32.1. The van der Waals surface area contributed by atoms with Crippen molar-refractivity contribution in [3.63, 3.8) is 0 Å². The molecule has 2 aromatic heterocycles. The summed E-state index contributed by atoms with van der Waals surface area (Å²) in [6, 6.07) is 3.25. The van der Waals surface area contributed by atoms with E-state index in [-0.39, 0.29) is 5.82 Å². The smallest absolute Gasteiger partial charge is 0.153 e. The van der Waals surface area contributed by atoms with E-state index in [1.165, 1.54) is 23.5 Å². The highest BCUT2D eigenvalue weighted by molar-refractivity contribution is 7.13. The van der Waals surface area contributed by atoms with E-state index in [0.717, 1.165) is 10.9 Å². The predicted octanol–water partition coefficient (Wildman–Crippen LogP) is 3.06. The monoisotopic (exact) mass is 278 g/mol. The summed E-state index contributed by atoms with van der Waals surface area (Å²) in [5.41, 5.74) is 8.85. The molecule has 7 heteroatoms. The Morgan fingerprint density at radius 1 is 1.16 bits per heavy atom. The fourth-order valence-electron chi connectivity index (χ4n) is 1.86. The number of H-pyrrole nitrogens is 1. The van der Waals surface area contributed by atoms with Gasteiger partial charge in [-0.15, -0.1) is 11.3 Å². The first-order valence-corrected chi connectivity index (χ1v) is 6.22. The van der Waals surface area contributed by atoms with Crippen LogP contribution in [-0.4, -0.2) is 15.2 Å². The quantitative estimate of drug-likeness (QED) is 0.757. The number of nitrogens with two attached hydrogens (primary N) is 1. The summed E-state index contributed by atoms with van der Waals surface area (Å²) >= 11 is 1.38. The number of aromatic nitrogens is 3. The number of hydrogen-bond donors (Lipinski definition) is 2. The molecule has 96 valence electrons. The topological polar surface area (TPSA) is 67.6 Å². The van der Waals surface area contributed by atoms with Crippen LogP contribution in [0.3, 0.4) is 0 Å². The molecule has 19 heavy (non-hydrogen) atoms. The largest absolute Gasteiger partial charge is 0.382 e. The fraction of sp³-hybridized carbons (Fsp3) is 0. The number of halogens is 2. The minimum absolute atomic E-state index is 0.188. The van der Waals surface area contributed by atoms with E-state index >= 15 is 0 Å². The second-order valence-corrected chi connectivity index (χ2v) is 4.77. The Labute approximate surface area is 110 Å². The highest BCUT2D eigenvalue weighted by Crippen LogP contribution is 2.36. The number of nitrogens with one attached hydrogen (secondary N) is 1. The predicted molar refractivity (Wildman–Crippen MR) is 69.5 cm³/mol. The highest BCUT2D eigenvalue weighted by Gasteiger charge is 2.17. The first kappa shape index (κ1) is 11.8. The van der Waals surface area contributed by atoms with Crippen LogP contribution >= 0.6 is 11.3 Å². The second-order valence-electron chi connectivity index (χ2n) is 3.88. The summed E-state index contributed by atoms with van der Waals surface area (Å²) in [4.78, 5) is 4.75. The SMILES string of the molecule is Nc1n[nH]c(-c2cncs2)c1-c1cc(F)cc(F)c1. The van der Waals surface area contributed by atoms with Crippen molar-refractivity contribution in [2.24, 2.45) is 0 Å². The van der Waals surface area contributed by atoms with Gasteiger partial charge < -0.3 is 5.73 Å². The van der Waals surface area contributed by atoms with Crippen molar-refractivity contribution in [3.05, 3.63) is 41.5 Å². The molecule has 1 aromatic carbocycles. The maximum atomic E-state index is 13.3. The number of anilines is 1. The van der Waals surface area contributed by atoms with Crippen LogP contribution in [0.25, 0.3) is 21.7 Å². The number of rotatable bonds is 2. The summed E-state index contributed by atoms with van der Waals surface area (Å²) in [6.45, 7) is 0. The third kappa shape index (κ3) is 2.08. The molecule has 0 unspecified atom stereocenters. The molecule has 0 bridgehead atoms. The fourth-order valence-corrected chi connectivity index (χ4v) is 2.49. The van der Waals surface area contributed by atoms with Crippen LogP contribution < -0.4 is 5.73 Å². The Kier molecular flexibility index (Phi) is 2.75. The Morgan fingerprint density at radius 2 is 1.89 bits per heavy atom. The molecular formula is C12H8F2N4S.